The third kappa shape index (κ3) is 47.1. The van der Waals surface area contributed by atoms with Gasteiger partial charge in [0.05, 0.1) is 18.8 Å². The zero-order valence-electron chi connectivity index (χ0n) is 39.6. The maximum Gasteiger partial charge on any atom is 0.220 e. The van der Waals surface area contributed by atoms with E-state index in [0.717, 1.165) is 122 Å². The Bertz CT molecular complexity index is 1380. The number of amides is 1. The van der Waals surface area contributed by atoms with E-state index in [1.54, 1.807) is 6.08 Å². The highest BCUT2D eigenvalue weighted by Crippen LogP contribution is 2.10. The first-order valence-electron chi connectivity index (χ1n) is 24.7. The van der Waals surface area contributed by atoms with E-state index in [0.29, 0.717) is 6.42 Å². The van der Waals surface area contributed by atoms with Crippen LogP contribution in [0.2, 0.25) is 0 Å². The molecule has 0 spiro atoms. The fraction of sp³-hybridized carbons (Fsp3) is 0.534. The van der Waals surface area contributed by atoms with Gasteiger partial charge in [-0.05, 0) is 109 Å². The van der Waals surface area contributed by atoms with Crippen molar-refractivity contribution in [1.29, 1.82) is 0 Å². The van der Waals surface area contributed by atoms with Crippen LogP contribution >= 0.6 is 0 Å². The van der Waals surface area contributed by atoms with E-state index < -0.39 is 12.1 Å². The van der Waals surface area contributed by atoms with Gasteiger partial charge in [-0.25, -0.2) is 0 Å². The van der Waals surface area contributed by atoms with Gasteiger partial charge >= 0.3 is 0 Å². The van der Waals surface area contributed by atoms with E-state index in [1.165, 1.54) is 38.5 Å². The van der Waals surface area contributed by atoms with E-state index in [-0.39, 0.29) is 12.5 Å². The van der Waals surface area contributed by atoms with E-state index in [9.17, 15) is 15.0 Å². The van der Waals surface area contributed by atoms with Gasteiger partial charge < -0.3 is 15.5 Å². The molecular formula is C58H91NO3. The van der Waals surface area contributed by atoms with E-state index in [4.69, 9.17) is 0 Å². The fourth-order valence-corrected chi connectivity index (χ4v) is 6.27. The van der Waals surface area contributed by atoms with Crippen molar-refractivity contribution in [3.8, 4) is 0 Å². The standard InChI is InChI=1S/C58H91NO3/c1-3-5-7-9-11-13-14-15-16-17-18-19-20-21-22-23-24-25-26-27-28-29-30-31-32-33-34-35-36-37-38-39-40-41-42-43-44-46-48-50-52-54-58(62)59-56(55-60)57(61)53-51-49-47-45-12-10-8-6-4-2/h5,7,11,13,15-16,18-19,21-22,24-25,27-28,30-31,33-34,36-37,39-40,42-43,51,53,56-57,60-61H,3-4,6,8-10,12,14,17,20,23,26,29,32,35,38,41,44-50,52,54-55H2,1-2H3,(H,59,62)/b7-5-,13-11-,16-15-,19-18-,22-21-,25-24-,28-27-,31-30-,34-33-,37-36-,40-39-,43-42-,53-51+. The van der Waals surface area contributed by atoms with E-state index >= 15 is 0 Å². The molecule has 0 radical (unpaired) electrons. The van der Waals surface area contributed by atoms with Crippen molar-refractivity contribution in [3.05, 3.63) is 158 Å². The Labute approximate surface area is 382 Å². The molecule has 0 aliphatic carbocycles. The minimum absolute atomic E-state index is 0.0993. The molecule has 62 heavy (non-hydrogen) atoms. The lowest BCUT2D eigenvalue weighted by molar-refractivity contribution is -0.123. The Hall–Kier alpha value is -3.99. The molecule has 0 saturated carbocycles. The van der Waals surface area contributed by atoms with Crippen LogP contribution in [0.4, 0.5) is 0 Å². The van der Waals surface area contributed by atoms with Gasteiger partial charge in [0.2, 0.25) is 5.91 Å². The van der Waals surface area contributed by atoms with Crippen molar-refractivity contribution < 1.29 is 15.0 Å². The van der Waals surface area contributed by atoms with Gasteiger partial charge in [0, 0.05) is 6.42 Å². The summed E-state index contributed by atoms with van der Waals surface area (Å²) >= 11 is 0. The Kier molecular flexibility index (Phi) is 48.1. The molecule has 2 atom stereocenters. The highest BCUT2D eigenvalue weighted by Gasteiger charge is 2.17. The Morgan fingerprint density at radius 1 is 0.403 bits per heavy atom. The summed E-state index contributed by atoms with van der Waals surface area (Å²) in [5.41, 5.74) is 0. The minimum Gasteiger partial charge on any atom is -0.394 e. The number of nitrogens with one attached hydrogen (secondary N) is 1. The SMILES string of the molecule is CC/C=C\C/C=C\C/C=C\C/C=C\C/C=C\C/C=C\C/C=C\C/C=C\C/C=C\C/C=C\C/C=C\C/C=C\CCCCCCC(=O)NC(CO)C(O)/C=C/CCCCCCCCC. The average molecular weight is 850 g/mol. The summed E-state index contributed by atoms with van der Waals surface area (Å²) in [6, 6.07) is -0.645. The topological polar surface area (TPSA) is 69.6 Å². The maximum absolute atomic E-state index is 12.3. The first-order valence-corrected chi connectivity index (χ1v) is 24.7. The average Bonchev–Trinajstić information content (AvgIpc) is 3.28. The van der Waals surface area contributed by atoms with Crippen molar-refractivity contribution in [3.63, 3.8) is 0 Å². The van der Waals surface area contributed by atoms with Crippen molar-refractivity contribution >= 4 is 5.91 Å². The minimum atomic E-state index is -0.858. The van der Waals surface area contributed by atoms with Crippen LogP contribution in [-0.4, -0.2) is 34.9 Å². The smallest absolute Gasteiger partial charge is 0.220 e. The summed E-state index contributed by atoms with van der Waals surface area (Å²) in [6.45, 7) is 4.13. The molecule has 4 heteroatoms. The van der Waals surface area contributed by atoms with E-state index in [1.807, 2.05) is 6.08 Å². The molecule has 0 rings (SSSR count). The van der Waals surface area contributed by atoms with Crippen LogP contribution < -0.4 is 5.32 Å². The lowest BCUT2D eigenvalue weighted by Gasteiger charge is -2.20. The second-order valence-corrected chi connectivity index (χ2v) is 15.8. The van der Waals surface area contributed by atoms with Gasteiger partial charge in [0.1, 0.15) is 0 Å². The molecule has 0 heterocycles. The third-order valence-corrected chi connectivity index (χ3v) is 10.0. The summed E-state index contributed by atoms with van der Waals surface area (Å²) < 4.78 is 0. The lowest BCUT2D eigenvalue weighted by Crippen LogP contribution is -2.45. The van der Waals surface area contributed by atoms with E-state index in [2.05, 4.69) is 165 Å². The highest BCUT2D eigenvalue weighted by atomic mass is 16.3. The predicted molar refractivity (Wildman–Crippen MR) is 275 cm³/mol. The lowest BCUT2D eigenvalue weighted by atomic mass is 10.1. The van der Waals surface area contributed by atoms with Crippen molar-refractivity contribution in [2.45, 2.75) is 193 Å². The predicted octanol–water partition coefficient (Wildman–Crippen LogP) is 16.2. The summed E-state index contributed by atoms with van der Waals surface area (Å²) in [7, 11) is 0. The molecule has 0 aliphatic heterocycles. The summed E-state index contributed by atoms with van der Waals surface area (Å²) in [5, 5.41) is 22.9. The largest absolute Gasteiger partial charge is 0.394 e. The molecular weight excluding hydrogens is 759 g/mol. The number of aliphatic hydroxyl groups excluding tert-OH is 2. The summed E-state index contributed by atoms with van der Waals surface area (Å²) in [5.74, 6) is -0.0993. The van der Waals surface area contributed by atoms with Crippen molar-refractivity contribution in [2.24, 2.45) is 0 Å². The quantitative estimate of drug-likeness (QED) is 0.0423. The number of allylic oxidation sites excluding steroid dienone is 25. The molecule has 0 aromatic heterocycles. The number of carbonyl (C=O) groups excluding carboxylic acids is 1. The fourth-order valence-electron chi connectivity index (χ4n) is 6.27. The second kappa shape index (κ2) is 51.4. The van der Waals surface area contributed by atoms with Gasteiger partial charge in [0.25, 0.3) is 0 Å². The number of carbonyl (C=O) groups is 1. The Balaban J connectivity index is 3.72. The van der Waals surface area contributed by atoms with Crippen LogP contribution in [0.15, 0.2) is 158 Å². The molecule has 0 bridgehead atoms. The zero-order valence-corrected chi connectivity index (χ0v) is 39.6. The molecule has 0 aromatic rings. The number of rotatable bonds is 42. The van der Waals surface area contributed by atoms with Gasteiger partial charge in [-0.15, -0.1) is 0 Å². The summed E-state index contributed by atoms with van der Waals surface area (Å²) in [6.07, 6.45) is 83.7. The molecule has 0 fully saturated rings. The molecule has 0 aliphatic rings. The normalized spacial score (nSPS) is 14.3. The Morgan fingerprint density at radius 3 is 1.06 bits per heavy atom. The van der Waals surface area contributed by atoms with Crippen molar-refractivity contribution in [2.75, 3.05) is 6.61 Å². The third-order valence-electron chi connectivity index (χ3n) is 10.0. The van der Waals surface area contributed by atoms with Crippen LogP contribution in [-0.2, 0) is 4.79 Å². The van der Waals surface area contributed by atoms with Crippen molar-refractivity contribution in [1.82, 2.24) is 5.32 Å². The maximum atomic E-state index is 12.3. The highest BCUT2D eigenvalue weighted by molar-refractivity contribution is 5.76. The first-order chi connectivity index (χ1) is 30.7. The van der Waals surface area contributed by atoms with Crippen LogP contribution in [0, 0.1) is 0 Å². The number of unbranched alkanes of at least 4 members (excludes halogenated alkanes) is 11. The second-order valence-electron chi connectivity index (χ2n) is 15.8. The monoisotopic (exact) mass is 850 g/mol. The van der Waals surface area contributed by atoms with Gasteiger partial charge in [0.15, 0.2) is 0 Å². The molecule has 0 saturated heterocycles. The molecule has 1 amide bonds. The number of hydrogen-bond acceptors (Lipinski definition) is 3. The van der Waals surface area contributed by atoms with Crippen LogP contribution in [0.5, 0.6) is 0 Å². The first kappa shape index (κ1) is 58.0. The summed E-state index contributed by atoms with van der Waals surface area (Å²) in [4.78, 5) is 12.3. The van der Waals surface area contributed by atoms with Gasteiger partial charge in [-0.3, -0.25) is 4.79 Å². The number of aliphatic hydroxyl groups is 2. The molecule has 0 aromatic carbocycles. The molecule has 346 valence electrons. The molecule has 4 nitrogen and oxygen atoms in total. The molecule has 3 N–H and O–H groups in total. The van der Waals surface area contributed by atoms with Gasteiger partial charge in [-0.2, -0.15) is 0 Å². The van der Waals surface area contributed by atoms with Crippen LogP contribution in [0.25, 0.3) is 0 Å². The Morgan fingerprint density at radius 2 is 0.710 bits per heavy atom. The van der Waals surface area contributed by atoms with Crippen LogP contribution in [0.1, 0.15) is 181 Å². The van der Waals surface area contributed by atoms with Crippen LogP contribution in [0.3, 0.4) is 0 Å². The van der Waals surface area contributed by atoms with Gasteiger partial charge in [-0.1, -0.05) is 223 Å². The molecule has 2 unspecified atom stereocenters. The zero-order chi connectivity index (χ0) is 44.9. The number of hydrogen-bond donors (Lipinski definition) is 3.